The highest BCUT2D eigenvalue weighted by Crippen LogP contribution is 2.35. The number of fused-ring (bicyclic) bond motifs is 1. The molecule has 0 spiro atoms. The molecule has 0 bridgehead atoms. The molecule has 0 saturated heterocycles. The van der Waals surface area contributed by atoms with E-state index in [1.165, 1.54) is 11.0 Å². The molecule has 2 aromatic heterocycles. The van der Waals surface area contributed by atoms with Crippen molar-refractivity contribution < 1.29 is 22.7 Å². The van der Waals surface area contributed by atoms with Crippen LogP contribution in [0.5, 0.6) is 5.75 Å². The summed E-state index contributed by atoms with van der Waals surface area (Å²) in [5.41, 5.74) is 1.06. The Bertz CT molecular complexity index is 1200. The topological polar surface area (TPSA) is 84.0 Å². The minimum atomic E-state index is -4.64. The summed E-state index contributed by atoms with van der Waals surface area (Å²) in [4.78, 5) is 18.8. The number of nitrogens with zero attached hydrogens (tertiary/aromatic N) is 5. The summed E-state index contributed by atoms with van der Waals surface area (Å²) < 4.78 is 45.6. The highest BCUT2D eigenvalue weighted by Gasteiger charge is 2.39. The van der Waals surface area contributed by atoms with Crippen LogP contribution in [0.1, 0.15) is 34.1 Å². The number of halogens is 4. The number of carbonyl (C=O) groups excluding carboxylic acids is 1. The Labute approximate surface area is 185 Å². The summed E-state index contributed by atoms with van der Waals surface area (Å²) in [6.45, 7) is 1.12. The van der Waals surface area contributed by atoms with E-state index in [0.29, 0.717) is 11.5 Å². The third kappa shape index (κ3) is 3.99. The molecule has 1 unspecified atom stereocenters. The van der Waals surface area contributed by atoms with Crippen molar-refractivity contribution >= 4 is 17.5 Å². The predicted molar refractivity (Wildman–Crippen MR) is 107 cm³/mol. The molecular weight excluding hydrogens is 447 g/mol. The maximum atomic E-state index is 13.2. The summed E-state index contributed by atoms with van der Waals surface area (Å²) in [5, 5.41) is 13.4. The second-order valence-corrected chi connectivity index (χ2v) is 7.49. The van der Waals surface area contributed by atoms with Gasteiger partial charge in [-0.15, -0.1) is 0 Å². The van der Waals surface area contributed by atoms with Gasteiger partial charge in [0.05, 0.1) is 22.8 Å². The Morgan fingerprint density at radius 3 is 2.69 bits per heavy atom. The molecule has 3 aromatic rings. The van der Waals surface area contributed by atoms with Crippen molar-refractivity contribution in [1.29, 1.82) is 5.26 Å². The van der Waals surface area contributed by atoms with Gasteiger partial charge in [0, 0.05) is 24.5 Å². The van der Waals surface area contributed by atoms with Crippen molar-refractivity contribution in [3.8, 4) is 17.6 Å². The SMILES string of the molecule is CC(Oc1ccc(C#N)c(Cl)c1C(=O)N1Cc2cn(-c3ccccn3)nc2C1)C(F)(F)F. The first-order chi connectivity index (χ1) is 15.2. The van der Waals surface area contributed by atoms with Gasteiger partial charge in [0.1, 0.15) is 17.4 Å². The Hall–Kier alpha value is -3.58. The highest BCUT2D eigenvalue weighted by molar-refractivity contribution is 6.35. The molecular formula is C21H15ClF3N5O2. The lowest BCUT2D eigenvalue weighted by atomic mass is 10.1. The minimum absolute atomic E-state index is 0.0423. The Morgan fingerprint density at radius 2 is 2.06 bits per heavy atom. The number of amides is 1. The van der Waals surface area contributed by atoms with Crippen LogP contribution in [0.4, 0.5) is 13.2 Å². The zero-order chi connectivity index (χ0) is 23.0. The van der Waals surface area contributed by atoms with Gasteiger partial charge < -0.3 is 9.64 Å². The molecule has 1 aromatic carbocycles. The number of pyridine rings is 1. The fourth-order valence-corrected chi connectivity index (χ4v) is 3.54. The van der Waals surface area contributed by atoms with E-state index in [1.54, 1.807) is 29.2 Å². The molecule has 1 aliphatic heterocycles. The first-order valence-corrected chi connectivity index (χ1v) is 9.81. The summed E-state index contributed by atoms with van der Waals surface area (Å²) in [6, 6.07) is 9.57. The molecule has 1 amide bonds. The largest absolute Gasteiger partial charge is 0.480 e. The van der Waals surface area contributed by atoms with E-state index in [2.05, 4.69) is 10.1 Å². The molecule has 0 aliphatic carbocycles. The molecule has 0 N–H and O–H groups in total. The van der Waals surface area contributed by atoms with Crippen molar-refractivity contribution in [2.45, 2.75) is 32.3 Å². The number of nitriles is 1. The van der Waals surface area contributed by atoms with Crippen LogP contribution in [0, 0.1) is 11.3 Å². The van der Waals surface area contributed by atoms with Gasteiger partial charge >= 0.3 is 6.18 Å². The Kier molecular flexibility index (Phi) is 5.52. The molecule has 0 radical (unpaired) electrons. The molecule has 1 atom stereocenters. The van der Waals surface area contributed by atoms with E-state index in [9.17, 15) is 23.2 Å². The van der Waals surface area contributed by atoms with Crippen LogP contribution < -0.4 is 4.74 Å². The van der Waals surface area contributed by atoms with Gasteiger partial charge in [0.25, 0.3) is 5.91 Å². The van der Waals surface area contributed by atoms with Gasteiger partial charge in [-0.25, -0.2) is 9.67 Å². The number of benzene rings is 1. The second-order valence-electron chi connectivity index (χ2n) is 7.11. The van der Waals surface area contributed by atoms with Gasteiger partial charge in [-0.05, 0) is 31.2 Å². The van der Waals surface area contributed by atoms with Gasteiger partial charge in [0.15, 0.2) is 11.9 Å². The summed E-state index contributed by atoms with van der Waals surface area (Å²) >= 11 is 6.22. The fraction of sp³-hybridized carbons (Fsp3) is 0.238. The third-order valence-corrected chi connectivity index (χ3v) is 5.35. The average molecular weight is 462 g/mol. The number of hydrogen-bond acceptors (Lipinski definition) is 5. The van der Waals surface area contributed by atoms with E-state index in [-0.39, 0.29) is 35.0 Å². The fourth-order valence-electron chi connectivity index (χ4n) is 3.26. The number of alkyl halides is 3. The van der Waals surface area contributed by atoms with Gasteiger partial charge in [0.2, 0.25) is 0 Å². The lowest BCUT2D eigenvalue weighted by Crippen LogP contribution is -2.33. The summed E-state index contributed by atoms with van der Waals surface area (Å²) in [5.74, 6) is -0.382. The molecule has 0 fully saturated rings. The Morgan fingerprint density at radius 1 is 1.28 bits per heavy atom. The van der Waals surface area contributed by atoms with E-state index in [4.69, 9.17) is 16.3 Å². The van der Waals surface area contributed by atoms with Crippen LogP contribution >= 0.6 is 11.6 Å². The lowest BCUT2D eigenvalue weighted by molar-refractivity contribution is -0.189. The van der Waals surface area contributed by atoms with Gasteiger partial charge in [-0.1, -0.05) is 17.7 Å². The standard InChI is InChI=1S/C21H15ClF3N5O2/c1-12(21(23,24)25)32-16-6-5-13(8-26)19(22)18(16)20(31)29-9-14-10-30(28-15(14)11-29)17-4-2-3-7-27-17/h2-7,10,12H,9,11H2,1H3. The van der Waals surface area contributed by atoms with Crippen LogP contribution in [0.25, 0.3) is 5.82 Å². The van der Waals surface area contributed by atoms with E-state index < -0.39 is 18.2 Å². The van der Waals surface area contributed by atoms with Crippen LogP contribution in [0.15, 0.2) is 42.7 Å². The molecule has 32 heavy (non-hydrogen) atoms. The minimum Gasteiger partial charge on any atom is -0.480 e. The lowest BCUT2D eigenvalue weighted by Gasteiger charge is -2.23. The zero-order valence-corrected chi connectivity index (χ0v) is 17.4. The predicted octanol–water partition coefficient (Wildman–Crippen LogP) is 4.28. The molecule has 3 heterocycles. The molecule has 4 rings (SSSR count). The maximum absolute atomic E-state index is 13.2. The highest BCUT2D eigenvalue weighted by atomic mass is 35.5. The van der Waals surface area contributed by atoms with E-state index in [0.717, 1.165) is 18.6 Å². The van der Waals surface area contributed by atoms with Crippen molar-refractivity contribution in [2.24, 2.45) is 0 Å². The number of aromatic nitrogens is 3. The summed E-state index contributed by atoms with van der Waals surface area (Å²) in [6.07, 6.45) is -3.44. The van der Waals surface area contributed by atoms with Crippen LogP contribution in [-0.4, -0.2) is 37.9 Å². The average Bonchev–Trinajstić information content (AvgIpc) is 3.33. The number of ether oxygens (including phenoxy) is 1. The van der Waals surface area contributed by atoms with Crippen LogP contribution in [0.2, 0.25) is 5.02 Å². The smallest absolute Gasteiger partial charge is 0.425 e. The molecule has 11 heteroatoms. The van der Waals surface area contributed by atoms with Crippen LogP contribution in [0.3, 0.4) is 0 Å². The Balaban J connectivity index is 1.62. The van der Waals surface area contributed by atoms with Gasteiger partial charge in [-0.2, -0.15) is 23.5 Å². The summed E-state index contributed by atoms with van der Waals surface area (Å²) in [7, 11) is 0. The first kappa shape index (κ1) is 21.6. The zero-order valence-electron chi connectivity index (χ0n) is 16.6. The number of hydrogen-bond donors (Lipinski definition) is 0. The molecule has 0 saturated carbocycles. The quantitative estimate of drug-likeness (QED) is 0.579. The second kappa shape index (κ2) is 8.16. The molecule has 7 nitrogen and oxygen atoms in total. The molecule has 164 valence electrons. The van der Waals surface area contributed by atoms with Crippen molar-refractivity contribution in [1.82, 2.24) is 19.7 Å². The van der Waals surface area contributed by atoms with Crippen molar-refractivity contribution in [3.63, 3.8) is 0 Å². The normalized spacial score (nSPS) is 14.1. The van der Waals surface area contributed by atoms with Crippen molar-refractivity contribution in [2.75, 3.05) is 0 Å². The van der Waals surface area contributed by atoms with E-state index >= 15 is 0 Å². The van der Waals surface area contributed by atoms with Gasteiger partial charge in [-0.3, -0.25) is 4.79 Å². The molecule has 1 aliphatic rings. The number of rotatable bonds is 4. The first-order valence-electron chi connectivity index (χ1n) is 9.43. The number of carbonyl (C=O) groups is 1. The van der Waals surface area contributed by atoms with Crippen LogP contribution in [-0.2, 0) is 13.1 Å². The van der Waals surface area contributed by atoms with E-state index in [1.807, 2.05) is 12.1 Å². The van der Waals surface area contributed by atoms with Crippen molar-refractivity contribution in [3.05, 3.63) is 70.1 Å². The third-order valence-electron chi connectivity index (χ3n) is 4.95. The maximum Gasteiger partial charge on any atom is 0.425 e. The monoisotopic (exact) mass is 461 g/mol.